The van der Waals surface area contributed by atoms with Gasteiger partial charge in [-0.05, 0) is 25.0 Å². The third kappa shape index (κ3) is 15.8. The van der Waals surface area contributed by atoms with Gasteiger partial charge in [0, 0.05) is 0 Å². The first-order valence-electron chi connectivity index (χ1n) is 8.40. The van der Waals surface area contributed by atoms with E-state index in [-0.39, 0.29) is 12.4 Å². The van der Waals surface area contributed by atoms with Crippen LogP contribution >= 0.6 is 12.4 Å². The molecule has 0 aromatic heterocycles. The van der Waals surface area contributed by atoms with Gasteiger partial charge in [0.05, 0.1) is 19.6 Å². The summed E-state index contributed by atoms with van der Waals surface area (Å²) in [6.07, 6.45) is 18.2. The lowest BCUT2D eigenvalue weighted by Gasteiger charge is -2.15. The molecule has 0 radical (unpaired) electrons. The van der Waals surface area contributed by atoms with Gasteiger partial charge in [0.2, 0.25) is 0 Å². The molecule has 0 saturated heterocycles. The maximum Gasteiger partial charge on any atom is 0.0957 e. The van der Waals surface area contributed by atoms with Crippen LogP contribution in [0.2, 0.25) is 0 Å². The monoisotopic (exact) mass is 302 g/mol. The van der Waals surface area contributed by atoms with E-state index in [0.29, 0.717) is 0 Å². The van der Waals surface area contributed by atoms with Crippen LogP contribution in [0.25, 0.3) is 0 Å². The fraction of sp³-hybridized carbons (Fsp3) is 0.778. The van der Waals surface area contributed by atoms with Crippen LogP contribution in [0.5, 0.6) is 0 Å². The molecule has 0 saturated carbocycles. The van der Waals surface area contributed by atoms with Gasteiger partial charge in [-0.1, -0.05) is 71.4 Å². The Morgan fingerprint density at radius 3 is 1.50 bits per heavy atom. The quantitative estimate of drug-likeness (QED) is 0.333. The van der Waals surface area contributed by atoms with Crippen LogP contribution in [0.4, 0.5) is 0 Å². The van der Waals surface area contributed by atoms with Crippen LogP contribution < -0.4 is 4.90 Å². The molecular weight excluding hydrogens is 266 g/mol. The lowest BCUT2D eigenvalue weighted by Crippen LogP contribution is -3.11. The Bertz CT molecular complexity index is 194. The largest absolute Gasteiger partial charge is 0.328 e. The molecular formula is C18H37ClN+. The summed E-state index contributed by atoms with van der Waals surface area (Å²) in [6, 6.07) is 0. The molecule has 0 spiro atoms. The topological polar surface area (TPSA) is 4.44 Å². The van der Waals surface area contributed by atoms with Crippen molar-refractivity contribution in [1.29, 1.82) is 0 Å². The molecule has 0 aliphatic heterocycles. The minimum atomic E-state index is 0. The van der Waals surface area contributed by atoms with Crippen LogP contribution in [-0.2, 0) is 0 Å². The zero-order chi connectivity index (χ0) is 14.2. The lowest BCUT2D eigenvalue weighted by atomic mass is 10.1. The van der Waals surface area contributed by atoms with Crippen molar-refractivity contribution in [2.24, 2.45) is 0 Å². The highest BCUT2D eigenvalue weighted by molar-refractivity contribution is 5.85. The first-order valence-corrected chi connectivity index (χ1v) is 8.40. The molecule has 120 valence electrons. The molecule has 0 amide bonds. The van der Waals surface area contributed by atoms with Crippen molar-refractivity contribution in [1.82, 2.24) is 0 Å². The lowest BCUT2D eigenvalue weighted by molar-refractivity contribution is -0.888. The molecule has 0 aliphatic carbocycles. The Morgan fingerprint density at radius 2 is 1.10 bits per heavy atom. The molecule has 0 bridgehead atoms. The Balaban J connectivity index is 0. The highest BCUT2D eigenvalue weighted by Gasteiger charge is 2.02. The van der Waals surface area contributed by atoms with Crippen LogP contribution in [-0.4, -0.2) is 19.6 Å². The van der Waals surface area contributed by atoms with Gasteiger partial charge in [-0.3, -0.25) is 0 Å². The van der Waals surface area contributed by atoms with Gasteiger partial charge in [0.1, 0.15) is 0 Å². The van der Waals surface area contributed by atoms with Gasteiger partial charge in [-0.25, -0.2) is 0 Å². The van der Waals surface area contributed by atoms with Crippen molar-refractivity contribution in [2.45, 2.75) is 71.1 Å². The fourth-order valence-electron chi connectivity index (χ4n) is 2.56. The SMILES string of the molecule is C=CC[NH+](CC=C)CCCCCCCCCCCC.Cl. The van der Waals surface area contributed by atoms with Crippen molar-refractivity contribution < 1.29 is 4.90 Å². The molecule has 0 heterocycles. The van der Waals surface area contributed by atoms with Gasteiger partial charge in [0.25, 0.3) is 0 Å². The van der Waals surface area contributed by atoms with Gasteiger partial charge < -0.3 is 4.90 Å². The molecule has 0 aromatic rings. The van der Waals surface area contributed by atoms with Gasteiger partial charge in [-0.2, -0.15) is 0 Å². The van der Waals surface area contributed by atoms with E-state index in [1.54, 1.807) is 4.90 Å². The van der Waals surface area contributed by atoms with Gasteiger partial charge in [0.15, 0.2) is 0 Å². The summed E-state index contributed by atoms with van der Waals surface area (Å²) >= 11 is 0. The first kappa shape index (κ1) is 22.0. The molecule has 0 rings (SSSR count). The van der Waals surface area contributed by atoms with E-state index in [2.05, 4.69) is 20.1 Å². The summed E-state index contributed by atoms with van der Waals surface area (Å²) in [5, 5.41) is 0. The standard InChI is InChI=1S/C18H35N.ClH/c1-4-7-8-9-10-11-12-13-14-15-18-19(16-5-2)17-6-3;/h5-6H,2-4,7-18H2,1H3;1H/p+1. The summed E-state index contributed by atoms with van der Waals surface area (Å²) in [7, 11) is 0. The predicted octanol–water partition coefficient (Wildman–Crippen LogP) is 4.59. The molecule has 0 unspecified atom stereocenters. The maximum absolute atomic E-state index is 3.83. The minimum Gasteiger partial charge on any atom is -0.328 e. The van der Waals surface area contributed by atoms with Crippen LogP contribution in [0.1, 0.15) is 71.1 Å². The van der Waals surface area contributed by atoms with E-state index in [9.17, 15) is 0 Å². The smallest absolute Gasteiger partial charge is 0.0957 e. The van der Waals surface area contributed by atoms with Crippen molar-refractivity contribution >= 4 is 12.4 Å². The van der Waals surface area contributed by atoms with E-state index >= 15 is 0 Å². The van der Waals surface area contributed by atoms with Crippen molar-refractivity contribution in [3.05, 3.63) is 25.3 Å². The molecule has 2 heteroatoms. The van der Waals surface area contributed by atoms with Crippen molar-refractivity contribution in [3.8, 4) is 0 Å². The Hall–Kier alpha value is -0.270. The molecule has 0 atom stereocenters. The zero-order valence-corrected chi connectivity index (χ0v) is 14.5. The minimum absolute atomic E-state index is 0. The Labute approximate surface area is 133 Å². The normalized spacial score (nSPS) is 10.3. The van der Waals surface area contributed by atoms with E-state index in [4.69, 9.17) is 0 Å². The first-order chi connectivity index (χ1) is 9.35. The summed E-state index contributed by atoms with van der Waals surface area (Å²) < 4.78 is 0. The molecule has 0 aromatic carbocycles. The van der Waals surface area contributed by atoms with Crippen molar-refractivity contribution in [2.75, 3.05) is 19.6 Å². The molecule has 0 aliphatic rings. The van der Waals surface area contributed by atoms with Crippen LogP contribution in [0.3, 0.4) is 0 Å². The molecule has 1 nitrogen and oxygen atoms in total. The third-order valence-electron chi connectivity index (χ3n) is 3.75. The average Bonchev–Trinajstić information content (AvgIpc) is 2.41. The second-order valence-corrected chi connectivity index (χ2v) is 5.67. The van der Waals surface area contributed by atoms with Crippen LogP contribution in [0.15, 0.2) is 25.3 Å². The third-order valence-corrected chi connectivity index (χ3v) is 3.75. The number of nitrogens with one attached hydrogen (secondary N) is 1. The second kappa shape index (κ2) is 18.7. The highest BCUT2D eigenvalue weighted by atomic mass is 35.5. The number of unbranched alkanes of at least 4 members (excludes halogenated alkanes) is 9. The number of rotatable bonds is 15. The number of hydrogen-bond acceptors (Lipinski definition) is 0. The summed E-state index contributed by atoms with van der Waals surface area (Å²) in [4.78, 5) is 1.60. The van der Waals surface area contributed by atoms with E-state index in [1.807, 2.05) is 12.2 Å². The van der Waals surface area contributed by atoms with Crippen LogP contribution in [0, 0.1) is 0 Å². The van der Waals surface area contributed by atoms with Gasteiger partial charge >= 0.3 is 0 Å². The summed E-state index contributed by atoms with van der Waals surface area (Å²) in [6.45, 7) is 13.4. The van der Waals surface area contributed by atoms with E-state index < -0.39 is 0 Å². The molecule has 1 N–H and O–H groups in total. The number of hydrogen-bond donors (Lipinski definition) is 1. The second-order valence-electron chi connectivity index (χ2n) is 5.67. The average molecular weight is 303 g/mol. The summed E-state index contributed by atoms with van der Waals surface area (Å²) in [5.74, 6) is 0. The maximum atomic E-state index is 3.83. The number of halogens is 1. The highest BCUT2D eigenvalue weighted by Crippen LogP contribution is 2.09. The Morgan fingerprint density at radius 1 is 0.700 bits per heavy atom. The van der Waals surface area contributed by atoms with Gasteiger partial charge in [-0.15, -0.1) is 12.4 Å². The predicted molar refractivity (Wildman–Crippen MR) is 95.0 cm³/mol. The molecule has 20 heavy (non-hydrogen) atoms. The van der Waals surface area contributed by atoms with E-state index in [0.717, 1.165) is 13.1 Å². The number of quaternary nitrogens is 1. The van der Waals surface area contributed by atoms with E-state index in [1.165, 1.54) is 70.8 Å². The fourth-order valence-corrected chi connectivity index (χ4v) is 2.56. The summed E-state index contributed by atoms with van der Waals surface area (Å²) in [5.41, 5.74) is 0. The Kier molecular flexibility index (Phi) is 20.6. The zero-order valence-electron chi connectivity index (χ0n) is 13.7. The molecule has 0 fully saturated rings. The van der Waals surface area contributed by atoms with Crippen molar-refractivity contribution in [3.63, 3.8) is 0 Å².